The van der Waals surface area contributed by atoms with Gasteiger partial charge in [0.2, 0.25) is 0 Å². The van der Waals surface area contributed by atoms with Gasteiger partial charge in [-0.1, -0.05) is 0 Å². The molecule has 0 unspecified atom stereocenters. The zero-order chi connectivity index (χ0) is 14.8. The van der Waals surface area contributed by atoms with Crippen molar-refractivity contribution in [3.63, 3.8) is 0 Å². The number of carbonyl (C=O) groups is 1. The fraction of sp³-hybridized carbons (Fsp3) is 0.143. The normalized spacial score (nSPS) is 13.1. The molecule has 2 aromatic rings. The van der Waals surface area contributed by atoms with Crippen LogP contribution in [0.3, 0.4) is 0 Å². The number of amides is 1. The number of thiazole rings is 1. The van der Waals surface area contributed by atoms with Gasteiger partial charge in [0.25, 0.3) is 0 Å². The van der Waals surface area contributed by atoms with E-state index >= 15 is 0 Å². The maximum absolute atomic E-state index is 13.4. The van der Waals surface area contributed by atoms with E-state index in [4.69, 9.17) is 4.74 Å². The summed E-state index contributed by atoms with van der Waals surface area (Å²) in [6.45, 7) is 0.0174. The maximum Gasteiger partial charge on any atom is 0.414 e. The molecule has 0 bridgehead atoms. The van der Waals surface area contributed by atoms with Crippen molar-refractivity contribution in [2.75, 3.05) is 6.54 Å². The molecule has 1 aliphatic rings. The van der Waals surface area contributed by atoms with Gasteiger partial charge in [-0.25, -0.2) is 18.6 Å². The van der Waals surface area contributed by atoms with Crippen LogP contribution in [0.5, 0.6) is 0 Å². The Morgan fingerprint density at radius 2 is 2.29 bits per heavy atom. The fourth-order valence-corrected chi connectivity index (χ4v) is 2.62. The molecule has 108 valence electrons. The van der Waals surface area contributed by atoms with Gasteiger partial charge in [-0.15, -0.1) is 11.3 Å². The standard InChI is InChI=1S/C14H10F2N2O2S/c15-10-1-2-11(16)9(5-10)7-20-14(19)18-4-3-12-13(6-18)21-8-17-12/h1-3,5-6,8H,4,7H2. The number of ether oxygens (including phenoxy) is 1. The zero-order valence-electron chi connectivity index (χ0n) is 10.8. The average Bonchev–Trinajstić information content (AvgIpc) is 2.95. The minimum Gasteiger partial charge on any atom is -0.444 e. The molecule has 1 aromatic carbocycles. The van der Waals surface area contributed by atoms with Crippen LogP contribution in [0.15, 0.2) is 23.7 Å². The molecule has 0 fully saturated rings. The molecule has 1 aromatic heterocycles. The van der Waals surface area contributed by atoms with Gasteiger partial charge in [-0.3, -0.25) is 4.90 Å². The Bertz CT molecular complexity index is 804. The van der Waals surface area contributed by atoms with E-state index in [1.807, 2.05) is 0 Å². The van der Waals surface area contributed by atoms with Crippen LogP contribution < -0.4 is 9.88 Å². The van der Waals surface area contributed by atoms with Crippen LogP contribution in [0.25, 0.3) is 12.3 Å². The number of hydrogen-bond acceptors (Lipinski definition) is 4. The topological polar surface area (TPSA) is 42.4 Å². The largest absolute Gasteiger partial charge is 0.444 e. The SMILES string of the molecule is O=C(OCc1cc(F)ccc1F)N1C=c2scnc2=CC1. The molecular weight excluding hydrogens is 298 g/mol. The van der Waals surface area contributed by atoms with E-state index in [1.54, 1.807) is 17.8 Å². The number of carbonyl (C=O) groups excluding carboxylic acids is 1. The summed E-state index contributed by atoms with van der Waals surface area (Å²) < 4.78 is 32.3. The van der Waals surface area contributed by atoms with Crippen molar-refractivity contribution in [2.45, 2.75) is 6.61 Å². The number of halogens is 2. The third-order valence-corrected chi connectivity index (χ3v) is 3.75. The van der Waals surface area contributed by atoms with Crippen LogP contribution in [0.1, 0.15) is 5.56 Å². The first kappa shape index (κ1) is 13.7. The van der Waals surface area contributed by atoms with E-state index < -0.39 is 17.7 Å². The second-order valence-electron chi connectivity index (χ2n) is 4.38. The lowest BCUT2D eigenvalue weighted by atomic mass is 10.2. The third kappa shape index (κ3) is 2.92. The highest BCUT2D eigenvalue weighted by Crippen LogP contribution is 2.12. The van der Waals surface area contributed by atoms with Crippen molar-refractivity contribution in [1.82, 2.24) is 9.88 Å². The van der Waals surface area contributed by atoms with Gasteiger partial charge >= 0.3 is 6.09 Å². The fourth-order valence-electron chi connectivity index (χ4n) is 1.90. The molecule has 0 saturated heterocycles. The summed E-state index contributed by atoms with van der Waals surface area (Å²) in [4.78, 5) is 17.4. The van der Waals surface area contributed by atoms with Crippen LogP contribution in [0, 0.1) is 11.6 Å². The summed E-state index contributed by atoms with van der Waals surface area (Å²) >= 11 is 1.41. The monoisotopic (exact) mass is 308 g/mol. The summed E-state index contributed by atoms with van der Waals surface area (Å²) in [5.41, 5.74) is 1.69. The number of nitrogens with zero attached hydrogens (tertiary/aromatic N) is 2. The van der Waals surface area contributed by atoms with Crippen molar-refractivity contribution in [2.24, 2.45) is 0 Å². The van der Waals surface area contributed by atoms with Gasteiger partial charge in [0.15, 0.2) is 0 Å². The van der Waals surface area contributed by atoms with Crippen molar-refractivity contribution >= 4 is 29.7 Å². The van der Waals surface area contributed by atoms with Crippen LogP contribution >= 0.6 is 11.3 Å². The number of benzene rings is 1. The van der Waals surface area contributed by atoms with E-state index in [2.05, 4.69) is 4.98 Å². The van der Waals surface area contributed by atoms with Crippen LogP contribution in [0.4, 0.5) is 13.6 Å². The molecule has 4 nitrogen and oxygen atoms in total. The molecule has 21 heavy (non-hydrogen) atoms. The van der Waals surface area contributed by atoms with Gasteiger partial charge in [0.05, 0.1) is 15.4 Å². The van der Waals surface area contributed by atoms with Gasteiger partial charge in [-0.2, -0.15) is 0 Å². The highest BCUT2D eigenvalue weighted by molar-refractivity contribution is 7.07. The van der Waals surface area contributed by atoms with E-state index in [0.717, 1.165) is 28.1 Å². The molecule has 1 amide bonds. The van der Waals surface area contributed by atoms with E-state index in [1.165, 1.54) is 16.2 Å². The lowest BCUT2D eigenvalue weighted by molar-refractivity contribution is 0.117. The molecule has 0 N–H and O–H groups in total. The molecule has 7 heteroatoms. The maximum atomic E-state index is 13.4. The predicted octanol–water partition coefficient (Wildman–Crippen LogP) is 1.59. The molecule has 0 aliphatic carbocycles. The first-order valence-electron chi connectivity index (χ1n) is 6.12. The summed E-state index contributed by atoms with van der Waals surface area (Å²) in [5.74, 6) is -1.18. The van der Waals surface area contributed by atoms with Crippen molar-refractivity contribution in [1.29, 1.82) is 0 Å². The number of fused-ring (bicyclic) bond motifs is 1. The molecule has 0 saturated carbocycles. The first-order chi connectivity index (χ1) is 10.1. The molecule has 2 heterocycles. The first-order valence-corrected chi connectivity index (χ1v) is 7.00. The molecular formula is C14H10F2N2O2S. The van der Waals surface area contributed by atoms with E-state index in [-0.39, 0.29) is 12.2 Å². The second kappa shape index (κ2) is 5.61. The average molecular weight is 308 g/mol. The quantitative estimate of drug-likeness (QED) is 0.846. The molecule has 0 spiro atoms. The Hall–Kier alpha value is -2.28. The lowest BCUT2D eigenvalue weighted by Gasteiger charge is -2.17. The van der Waals surface area contributed by atoms with E-state index in [0.29, 0.717) is 6.54 Å². The summed E-state index contributed by atoms with van der Waals surface area (Å²) in [5, 5.41) is 0.834. The summed E-state index contributed by atoms with van der Waals surface area (Å²) in [7, 11) is 0. The number of hydrogen-bond donors (Lipinski definition) is 0. The molecule has 3 rings (SSSR count). The van der Waals surface area contributed by atoms with E-state index in [9.17, 15) is 13.6 Å². The smallest absolute Gasteiger partial charge is 0.414 e. The second-order valence-corrected chi connectivity index (χ2v) is 5.26. The van der Waals surface area contributed by atoms with Crippen LogP contribution in [-0.4, -0.2) is 22.5 Å². The van der Waals surface area contributed by atoms with Crippen molar-refractivity contribution in [3.05, 3.63) is 50.8 Å². The highest BCUT2D eigenvalue weighted by Gasteiger charge is 2.15. The van der Waals surface area contributed by atoms with Gasteiger partial charge < -0.3 is 4.74 Å². The Morgan fingerprint density at radius 1 is 1.43 bits per heavy atom. The van der Waals surface area contributed by atoms with Crippen molar-refractivity contribution in [3.8, 4) is 0 Å². The third-order valence-electron chi connectivity index (χ3n) is 2.97. The number of rotatable bonds is 2. The highest BCUT2D eigenvalue weighted by atomic mass is 32.1. The Balaban J connectivity index is 1.69. The summed E-state index contributed by atoms with van der Waals surface area (Å²) in [6.07, 6.45) is 2.82. The van der Waals surface area contributed by atoms with Gasteiger partial charge in [0.1, 0.15) is 18.2 Å². The lowest BCUT2D eigenvalue weighted by Crippen LogP contribution is -2.37. The van der Waals surface area contributed by atoms with Gasteiger partial charge in [-0.05, 0) is 24.3 Å². The zero-order valence-corrected chi connectivity index (χ0v) is 11.6. The molecule has 0 atom stereocenters. The Morgan fingerprint density at radius 3 is 3.14 bits per heavy atom. The van der Waals surface area contributed by atoms with Crippen LogP contribution in [0.2, 0.25) is 0 Å². The minimum absolute atomic E-state index is 0.00261. The Kier molecular flexibility index (Phi) is 3.66. The molecule has 1 aliphatic heterocycles. The molecule has 0 radical (unpaired) electrons. The number of aromatic nitrogens is 1. The summed E-state index contributed by atoms with van der Waals surface area (Å²) in [6, 6.07) is 3.03. The van der Waals surface area contributed by atoms with Crippen LogP contribution in [-0.2, 0) is 11.3 Å². The predicted molar refractivity (Wildman–Crippen MR) is 73.5 cm³/mol. The van der Waals surface area contributed by atoms with Gasteiger partial charge in [0, 0.05) is 18.3 Å². The van der Waals surface area contributed by atoms with Crippen molar-refractivity contribution < 1.29 is 18.3 Å². The Labute approximate surface area is 122 Å². The minimum atomic E-state index is -0.617.